The van der Waals surface area contributed by atoms with E-state index in [0.29, 0.717) is 5.75 Å². The molecule has 1 aliphatic rings. The van der Waals surface area contributed by atoms with Crippen molar-refractivity contribution in [3.63, 3.8) is 0 Å². The van der Waals surface area contributed by atoms with E-state index < -0.39 is 9.84 Å². The van der Waals surface area contributed by atoms with Gasteiger partial charge < -0.3 is 5.32 Å². The van der Waals surface area contributed by atoms with Gasteiger partial charge in [0.1, 0.15) is 0 Å². The largest absolute Gasteiger partial charge is 0.309 e. The fourth-order valence-corrected chi connectivity index (χ4v) is 4.76. The quantitative estimate of drug-likeness (QED) is 0.927. The Hall–Kier alpha value is 0.0900. The first-order chi connectivity index (χ1) is 7.55. The average molecular weight is 324 g/mol. The van der Waals surface area contributed by atoms with Crippen LogP contribution in [0.25, 0.3) is 0 Å². The SMILES string of the molecule is O=S1(=O)CCCC(NCc2csc(Br)c2)C1. The van der Waals surface area contributed by atoms with Gasteiger partial charge in [-0.05, 0) is 45.8 Å². The van der Waals surface area contributed by atoms with Gasteiger partial charge in [0.15, 0.2) is 9.84 Å². The second-order valence-electron chi connectivity index (χ2n) is 4.09. The van der Waals surface area contributed by atoms with Crippen molar-refractivity contribution in [2.24, 2.45) is 0 Å². The number of thiophene rings is 1. The number of sulfone groups is 1. The summed E-state index contributed by atoms with van der Waals surface area (Å²) in [6, 6.07) is 2.19. The Kier molecular flexibility index (Phi) is 4.05. The lowest BCUT2D eigenvalue weighted by atomic mass is 10.2. The maximum absolute atomic E-state index is 11.4. The summed E-state index contributed by atoms with van der Waals surface area (Å²) in [5.74, 6) is 0.646. The fourth-order valence-electron chi connectivity index (χ4n) is 1.88. The third-order valence-electron chi connectivity index (χ3n) is 2.68. The van der Waals surface area contributed by atoms with Crippen LogP contribution in [0.15, 0.2) is 15.2 Å². The molecule has 1 fully saturated rings. The molecule has 0 radical (unpaired) electrons. The number of nitrogens with one attached hydrogen (secondary N) is 1. The van der Waals surface area contributed by atoms with Crippen LogP contribution in [0, 0.1) is 0 Å². The van der Waals surface area contributed by atoms with Crippen LogP contribution in [0.3, 0.4) is 0 Å². The predicted molar refractivity (Wildman–Crippen MR) is 70.5 cm³/mol. The van der Waals surface area contributed by atoms with E-state index in [4.69, 9.17) is 0 Å². The molecule has 1 aliphatic heterocycles. The van der Waals surface area contributed by atoms with Gasteiger partial charge in [0.2, 0.25) is 0 Å². The average Bonchev–Trinajstić information content (AvgIpc) is 2.60. The zero-order chi connectivity index (χ0) is 11.6. The molecule has 0 bridgehead atoms. The molecule has 6 heteroatoms. The number of hydrogen-bond donors (Lipinski definition) is 1. The van der Waals surface area contributed by atoms with Crippen LogP contribution in [-0.4, -0.2) is 26.0 Å². The molecule has 0 amide bonds. The fraction of sp³-hybridized carbons (Fsp3) is 0.600. The highest BCUT2D eigenvalue weighted by Gasteiger charge is 2.24. The molecule has 0 aromatic carbocycles. The molecule has 1 saturated heterocycles. The monoisotopic (exact) mass is 323 g/mol. The molecule has 1 aromatic heterocycles. The Morgan fingerprint density at radius 1 is 1.56 bits per heavy atom. The van der Waals surface area contributed by atoms with Crippen LogP contribution in [0.4, 0.5) is 0 Å². The van der Waals surface area contributed by atoms with Gasteiger partial charge in [-0.1, -0.05) is 0 Å². The lowest BCUT2D eigenvalue weighted by Gasteiger charge is -2.22. The van der Waals surface area contributed by atoms with Gasteiger partial charge >= 0.3 is 0 Å². The van der Waals surface area contributed by atoms with Gasteiger partial charge in [0.25, 0.3) is 0 Å². The van der Waals surface area contributed by atoms with Crippen molar-refractivity contribution >= 4 is 37.1 Å². The number of rotatable bonds is 3. The Morgan fingerprint density at radius 2 is 2.38 bits per heavy atom. The van der Waals surface area contributed by atoms with Crippen molar-refractivity contribution in [1.82, 2.24) is 5.32 Å². The Morgan fingerprint density at radius 3 is 3.00 bits per heavy atom. The maximum atomic E-state index is 11.4. The minimum atomic E-state index is -2.80. The highest BCUT2D eigenvalue weighted by Crippen LogP contribution is 2.21. The molecule has 0 saturated carbocycles. The van der Waals surface area contributed by atoms with E-state index in [1.807, 2.05) is 0 Å². The summed E-state index contributed by atoms with van der Waals surface area (Å²) in [7, 11) is -2.80. The molecule has 1 unspecified atom stereocenters. The summed E-state index contributed by atoms with van der Waals surface area (Å²) in [6.45, 7) is 0.752. The first kappa shape index (κ1) is 12.5. The number of halogens is 1. The van der Waals surface area contributed by atoms with Gasteiger partial charge in [-0.3, -0.25) is 0 Å². The Balaban J connectivity index is 1.86. The minimum Gasteiger partial charge on any atom is -0.309 e. The number of hydrogen-bond acceptors (Lipinski definition) is 4. The zero-order valence-corrected chi connectivity index (χ0v) is 12.0. The summed E-state index contributed by atoms with van der Waals surface area (Å²) < 4.78 is 24.0. The molecule has 90 valence electrons. The zero-order valence-electron chi connectivity index (χ0n) is 8.78. The lowest BCUT2D eigenvalue weighted by Crippen LogP contribution is -2.39. The summed E-state index contributed by atoms with van der Waals surface area (Å²) >= 11 is 5.06. The van der Waals surface area contributed by atoms with Gasteiger partial charge in [-0.2, -0.15) is 0 Å². The van der Waals surface area contributed by atoms with E-state index in [2.05, 4.69) is 32.7 Å². The maximum Gasteiger partial charge on any atom is 0.151 e. The third kappa shape index (κ3) is 3.55. The molecule has 16 heavy (non-hydrogen) atoms. The first-order valence-electron chi connectivity index (χ1n) is 5.22. The molecular formula is C10H14BrNO2S2. The predicted octanol–water partition coefficient (Wildman–Crippen LogP) is 2.18. The van der Waals surface area contributed by atoms with Crippen molar-refractivity contribution in [1.29, 1.82) is 0 Å². The summed E-state index contributed by atoms with van der Waals surface area (Å²) in [5.41, 5.74) is 1.21. The van der Waals surface area contributed by atoms with E-state index in [-0.39, 0.29) is 11.8 Å². The topological polar surface area (TPSA) is 46.2 Å². The lowest BCUT2D eigenvalue weighted by molar-refractivity contribution is 0.480. The van der Waals surface area contributed by atoms with Crippen LogP contribution >= 0.6 is 27.3 Å². The van der Waals surface area contributed by atoms with Crippen LogP contribution < -0.4 is 5.32 Å². The normalized spacial score (nSPS) is 24.4. The molecule has 1 atom stereocenters. The molecular weight excluding hydrogens is 310 g/mol. The Labute approximate surface area is 108 Å². The van der Waals surface area contributed by atoms with Gasteiger partial charge in [0, 0.05) is 12.6 Å². The van der Waals surface area contributed by atoms with E-state index in [0.717, 1.165) is 23.2 Å². The Bertz CT molecular complexity index is 455. The van der Waals surface area contributed by atoms with Crippen molar-refractivity contribution < 1.29 is 8.42 Å². The van der Waals surface area contributed by atoms with E-state index in [1.165, 1.54) is 5.56 Å². The standard InChI is InChI=1S/C10H14BrNO2S2/c11-10-4-8(6-15-10)5-12-9-2-1-3-16(13,14)7-9/h4,6,9,12H,1-3,5,7H2. The molecule has 3 nitrogen and oxygen atoms in total. The molecule has 2 rings (SSSR count). The summed E-state index contributed by atoms with van der Waals surface area (Å²) in [5, 5.41) is 5.39. The van der Waals surface area contributed by atoms with Crippen LogP contribution in [0.5, 0.6) is 0 Å². The highest BCUT2D eigenvalue weighted by molar-refractivity contribution is 9.11. The van der Waals surface area contributed by atoms with Gasteiger partial charge in [0.05, 0.1) is 15.3 Å². The molecule has 0 spiro atoms. The van der Waals surface area contributed by atoms with Crippen molar-refractivity contribution in [2.75, 3.05) is 11.5 Å². The highest BCUT2D eigenvalue weighted by atomic mass is 79.9. The second-order valence-corrected chi connectivity index (χ2v) is 8.61. The van der Waals surface area contributed by atoms with Crippen LogP contribution in [-0.2, 0) is 16.4 Å². The smallest absolute Gasteiger partial charge is 0.151 e. The second kappa shape index (κ2) is 5.16. The van der Waals surface area contributed by atoms with Gasteiger partial charge in [-0.15, -0.1) is 11.3 Å². The van der Waals surface area contributed by atoms with Crippen LogP contribution in [0.2, 0.25) is 0 Å². The summed E-state index contributed by atoms with van der Waals surface area (Å²) in [4.78, 5) is 0. The van der Waals surface area contributed by atoms with Gasteiger partial charge in [-0.25, -0.2) is 8.42 Å². The minimum absolute atomic E-state index is 0.123. The van der Waals surface area contributed by atoms with Crippen molar-refractivity contribution in [3.05, 3.63) is 20.8 Å². The molecule has 0 aliphatic carbocycles. The molecule has 2 heterocycles. The van der Waals surface area contributed by atoms with E-state index in [9.17, 15) is 8.42 Å². The molecule has 1 N–H and O–H groups in total. The first-order valence-corrected chi connectivity index (χ1v) is 8.71. The summed E-state index contributed by atoms with van der Waals surface area (Å²) in [6.07, 6.45) is 1.75. The molecule has 1 aromatic rings. The van der Waals surface area contributed by atoms with Crippen molar-refractivity contribution in [3.8, 4) is 0 Å². The van der Waals surface area contributed by atoms with E-state index in [1.54, 1.807) is 11.3 Å². The van der Waals surface area contributed by atoms with E-state index >= 15 is 0 Å². The van der Waals surface area contributed by atoms with Crippen molar-refractivity contribution in [2.45, 2.75) is 25.4 Å². The van der Waals surface area contributed by atoms with Crippen LogP contribution in [0.1, 0.15) is 18.4 Å². The third-order valence-corrected chi connectivity index (χ3v) is 6.05.